The molecule has 16 heavy (non-hydrogen) atoms. The molecule has 88 valence electrons. The topological polar surface area (TPSA) is 53.4 Å². The van der Waals surface area contributed by atoms with Gasteiger partial charge >= 0.3 is 0 Å². The van der Waals surface area contributed by atoms with Gasteiger partial charge in [0.25, 0.3) is 0 Å². The predicted molar refractivity (Wildman–Crippen MR) is 61.9 cm³/mol. The lowest BCUT2D eigenvalue weighted by atomic mass is 10.2. The van der Waals surface area contributed by atoms with Crippen molar-refractivity contribution in [2.75, 3.05) is 13.6 Å². The predicted octanol–water partition coefficient (Wildman–Crippen LogP) is 0.853. The van der Waals surface area contributed by atoms with E-state index in [0.29, 0.717) is 19.4 Å². The van der Waals surface area contributed by atoms with Gasteiger partial charge in [0.05, 0.1) is 12.5 Å². The van der Waals surface area contributed by atoms with Crippen LogP contribution >= 0.6 is 0 Å². The van der Waals surface area contributed by atoms with E-state index < -0.39 is 0 Å². The maximum Gasteiger partial charge on any atom is 0.226 e. The summed E-state index contributed by atoms with van der Waals surface area (Å²) in [7, 11) is 1.75. The Morgan fingerprint density at radius 3 is 2.94 bits per heavy atom. The second kappa shape index (κ2) is 6.23. The van der Waals surface area contributed by atoms with Crippen LogP contribution in [0.1, 0.15) is 18.9 Å². The number of amides is 1. The molecule has 1 N–H and O–H groups in total. The summed E-state index contributed by atoms with van der Waals surface area (Å²) < 4.78 is 0. The standard InChI is InChI=1S/C12H18N2O2/c1-10(15)5-7-14(2)12(16)8-11-4-3-6-13-9-11/h3-4,6,9-10,15H,5,7-8H2,1-2H3. The molecule has 0 aliphatic carbocycles. The normalized spacial score (nSPS) is 12.2. The second-order valence-corrected chi connectivity index (χ2v) is 3.99. The number of hydrogen-bond acceptors (Lipinski definition) is 3. The Labute approximate surface area is 95.9 Å². The minimum atomic E-state index is -0.367. The van der Waals surface area contributed by atoms with E-state index in [2.05, 4.69) is 4.98 Å². The summed E-state index contributed by atoms with van der Waals surface area (Å²) in [6.07, 6.45) is 3.99. The highest BCUT2D eigenvalue weighted by Gasteiger charge is 2.10. The number of aliphatic hydroxyl groups excluding tert-OH is 1. The summed E-state index contributed by atoms with van der Waals surface area (Å²) >= 11 is 0. The van der Waals surface area contributed by atoms with Crippen LogP contribution in [0.25, 0.3) is 0 Å². The number of carbonyl (C=O) groups excluding carboxylic acids is 1. The summed E-state index contributed by atoms with van der Waals surface area (Å²) in [6.45, 7) is 2.30. The molecule has 0 aromatic carbocycles. The van der Waals surface area contributed by atoms with Crippen LogP contribution in [0.2, 0.25) is 0 Å². The van der Waals surface area contributed by atoms with Crippen molar-refractivity contribution >= 4 is 5.91 Å². The van der Waals surface area contributed by atoms with E-state index in [1.165, 1.54) is 0 Å². The van der Waals surface area contributed by atoms with Gasteiger partial charge in [0.2, 0.25) is 5.91 Å². The number of pyridine rings is 1. The maximum absolute atomic E-state index is 11.7. The Morgan fingerprint density at radius 1 is 1.62 bits per heavy atom. The van der Waals surface area contributed by atoms with Gasteiger partial charge < -0.3 is 10.0 Å². The average Bonchev–Trinajstić information content (AvgIpc) is 2.27. The van der Waals surface area contributed by atoms with Gasteiger partial charge in [0.15, 0.2) is 0 Å². The number of rotatable bonds is 5. The molecule has 0 bridgehead atoms. The smallest absolute Gasteiger partial charge is 0.226 e. The Hall–Kier alpha value is -1.42. The molecular formula is C12H18N2O2. The molecule has 0 fully saturated rings. The van der Waals surface area contributed by atoms with Gasteiger partial charge in [-0.25, -0.2) is 0 Å². The van der Waals surface area contributed by atoms with Gasteiger partial charge in [-0.1, -0.05) is 6.07 Å². The molecule has 1 unspecified atom stereocenters. The van der Waals surface area contributed by atoms with Crippen molar-refractivity contribution < 1.29 is 9.90 Å². The van der Waals surface area contributed by atoms with E-state index in [0.717, 1.165) is 5.56 Å². The van der Waals surface area contributed by atoms with Gasteiger partial charge in [-0.3, -0.25) is 9.78 Å². The maximum atomic E-state index is 11.7. The monoisotopic (exact) mass is 222 g/mol. The van der Waals surface area contributed by atoms with Crippen molar-refractivity contribution in [1.29, 1.82) is 0 Å². The van der Waals surface area contributed by atoms with Crippen LogP contribution in [-0.2, 0) is 11.2 Å². The van der Waals surface area contributed by atoms with Crippen LogP contribution in [0.5, 0.6) is 0 Å². The quantitative estimate of drug-likeness (QED) is 0.803. The zero-order valence-corrected chi connectivity index (χ0v) is 9.76. The largest absolute Gasteiger partial charge is 0.393 e. The molecule has 4 nitrogen and oxygen atoms in total. The second-order valence-electron chi connectivity index (χ2n) is 3.99. The molecular weight excluding hydrogens is 204 g/mol. The van der Waals surface area contributed by atoms with Crippen LogP contribution in [0.4, 0.5) is 0 Å². The third-order valence-electron chi connectivity index (χ3n) is 2.39. The van der Waals surface area contributed by atoms with Crippen LogP contribution < -0.4 is 0 Å². The first-order valence-corrected chi connectivity index (χ1v) is 5.40. The van der Waals surface area contributed by atoms with E-state index in [1.54, 1.807) is 31.3 Å². The van der Waals surface area contributed by atoms with Crippen molar-refractivity contribution in [3.8, 4) is 0 Å². The molecule has 0 spiro atoms. The van der Waals surface area contributed by atoms with E-state index in [4.69, 9.17) is 5.11 Å². The molecule has 1 aromatic heterocycles. The molecule has 1 atom stereocenters. The highest BCUT2D eigenvalue weighted by atomic mass is 16.3. The first-order chi connectivity index (χ1) is 7.59. The van der Waals surface area contributed by atoms with E-state index >= 15 is 0 Å². The highest BCUT2D eigenvalue weighted by Crippen LogP contribution is 2.01. The third-order valence-corrected chi connectivity index (χ3v) is 2.39. The molecule has 0 aliphatic heterocycles. The molecule has 4 heteroatoms. The number of aliphatic hydroxyl groups is 1. The highest BCUT2D eigenvalue weighted by molar-refractivity contribution is 5.78. The first kappa shape index (κ1) is 12.6. The molecule has 0 saturated carbocycles. The first-order valence-electron chi connectivity index (χ1n) is 5.40. The summed E-state index contributed by atoms with van der Waals surface area (Å²) in [5, 5.41) is 9.12. The summed E-state index contributed by atoms with van der Waals surface area (Å²) in [5.74, 6) is 0.0497. The number of carbonyl (C=O) groups is 1. The van der Waals surface area contributed by atoms with Crippen LogP contribution in [-0.4, -0.2) is 40.6 Å². The van der Waals surface area contributed by atoms with Gasteiger partial charge in [-0.2, -0.15) is 0 Å². The molecule has 0 aliphatic rings. The van der Waals surface area contributed by atoms with Gasteiger partial charge in [0, 0.05) is 26.0 Å². The minimum Gasteiger partial charge on any atom is -0.393 e. The summed E-state index contributed by atoms with van der Waals surface area (Å²) in [5.41, 5.74) is 0.913. The van der Waals surface area contributed by atoms with Crippen molar-refractivity contribution in [2.45, 2.75) is 25.9 Å². The lowest BCUT2D eigenvalue weighted by Crippen LogP contribution is -2.30. The lowest BCUT2D eigenvalue weighted by Gasteiger charge is -2.17. The van der Waals surface area contributed by atoms with Crippen molar-refractivity contribution in [3.05, 3.63) is 30.1 Å². The van der Waals surface area contributed by atoms with Gasteiger partial charge in [-0.15, -0.1) is 0 Å². The Bertz CT molecular complexity index is 325. The number of aromatic nitrogens is 1. The number of hydrogen-bond donors (Lipinski definition) is 1. The minimum absolute atomic E-state index is 0.0497. The van der Waals surface area contributed by atoms with Gasteiger partial charge in [-0.05, 0) is 25.0 Å². The number of nitrogens with zero attached hydrogens (tertiary/aromatic N) is 2. The van der Waals surface area contributed by atoms with Crippen LogP contribution in [0.15, 0.2) is 24.5 Å². The summed E-state index contributed by atoms with van der Waals surface area (Å²) in [4.78, 5) is 17.3. The van der Waals surface area contributed by atoms with Gasteiger partial charge in [0.1, 0.15) is 0 Å². The molecule has 1 amide bonds. The van der Waals surface area contributed by atoms with Crippen molar-refractivity contribution in [1.82, 2.24) is 9.88 Å². The van der Waals surface area contributed by atoms with Crippen molar-refractivity contribution in [2.24, 2.45) is 0 Å². The molecule has 1 rings (SSSR count). The lowest BCUT2D eigenvalue weighted by molar-refractivity contribution is -0.129. The van der Waals surface area contributed by atoms with E-state index in [-0.39, 0.29) is 12.0 Å². The van der Waals surface area contributed by atoms with Crippen molar-refractivity contribution in [3.63, 3.8) is 0 Å². The fraction of sp³-hybridized carbons (Fsp3) is 0.500. The molecule has 0 saturated heterocycles. The Morgan fingerprint density at radius 2 is 2.38 bits per heavy atom. The molecule has 1 heterocycles. The van der Waals surface area contributed by atoms with Crippen LogP contribution in [0, 0.1) is 0 Å². The molecule has 0 radical (unpaired) electrons. The fourth-order valence-corrected chi connectivity index (χ4v) is 1.32. The van der Waals surface area contributed by atoms with E-state index in [1.807, 2.05) is 12.1 Å². The molecule has 1 aromatic rings. The Kier molecular flexibility index (Phi) is 4.92. The SMILES string of the molecule is CC(O)CCN(C)C(=O)Cc1cccnc1. The Balaban J connectivity index is 2.40. The van der Waals surface area contributed by atoms with Crippen LogP contribution in [0.3, 0.4) is 0 Å². The zero-order chi connectivity index (χ0) is 12.0. The average molecular weight is 222 g/mol. The zero-order valence-electron chi connectivity index (χ0n) is 9.76. The fourth-order valence-electron chi connectivity index (χ4n) is 1.32. The third kappa shape index (κ3) is 4.40. The van der Waals surface area contributed by atoms with E-state index in [9.17, 15) is 4.79 Å². The summed E-state index contributed by atoms with van der Waals surface area (Å²) in [6, 6.07) is 3.70. The number of likely N-dealkylation sites (N-methyl/N-ethyl adjacent to an activating group) is 1.